The Morgan fingerprint density at radius 1 is 1.05 bits per heavy atom. The summed E-state index contributed by atoms with van der Waals surface area (Å²) < 4.78 is 36.8. The van der Waals surface area contributed by atoms with Crippen molar-refractivity contribution in [3.05, 3.63) is 0 Å². The van der Waals surface area contributed by atoms with Crippen molar-refractivity contribution >= 4 is 17.8 Å². The SMILES string of the molecule is CC(C)C[C@@H](NC(=O)[C@@H](NC(=O)C(F)(F)F)C(C)C)C(=O)O. The summed E-state index contributed by atoms with van der Waals surface area (Å²) in [5.41, 5.74) is 0. The first-order valence-corrected chi connectivity index (χ1v) is 6.77. The molecular formula is C13H21F3N2O4. The molecule has 0 rings (SSSR count). The predicted molar refractivity (Wildman–Crippen MR) is 71.8 cm³/mol. The predicted octanol–water partition coefficient (Wildman–Crippen LogP) is 1.30. The molecule has 0 bridgehead atoms. The van der Waals surface area contributed by atoms with Crippen LogP contribution in [0.3, 0.4) is 0 Å². The molecule has 0 fully saturated rings. The number of nitrogens with one attached hydrogen (secondary N) is 2. The lowest BCUT2D eigenvalue weighted by molar-refractivity contribution is -0.175. The van der Waals surface area contributed by atoms with Crippen LogP contribution in [0.4, 0.5) is 13.2 Å². The molecule has 9 heteroatoms. The maximum absolute atomic E-state index is 12.3. The number of hydrogen-bond acceptors (Lipinski definition) is 3. The molecule has 0 aromatic heterocycles. The van der Waals surface area contributed by atoms with E-state index in [9.17, 15) is 27.6 Å². The molecule has 0 radical (unpaired) electrons. The summed E-state index contributed by atoms with van der Waals surface area (Å²) in [4.78, 5) is 34.0. The van der Waals surface area contributed by atoms with Gasteiger partial charge in [0.25, 0.3) is 0 Å². The van der Waals surface area contributed by atoms with E-state index in [4.69, 9.17) is 5.11 Å². The monoisotopic (exact) mass is 326 g/mol. The van der Waals surface area contributed by atoms with E-state index in [0.717, 1.165) is 0 Å². The number of carbonyl (C=O) groups is 3. The highest BCUT2D eigenvalue weighted by Gasteiger charge is 2.41. The highest BCUT2D eigenvalue weighted by atomic mass is 19.4. The van der Waals surface area contributed by atoms with Gasteiger partial charge in [-0.2, -0.15) is 13.2 Å². The number of hydrogen-bond donors (Lipinski definition) is 3. The quantitative estimate of drug-likeness (QED) is 0.657. The Labute approximate surface area is 126 Å². The first kappa shape index (κ1) is 20.2. The number of halogens is 3. The van der Waals surface area contributed by atoms with Crippen LogP contribution in [-0.4, -0.2) is 41.2 Å². The van der Waals surface area contributed by atoms with Gasteiger partial charge < -0.3 is 15.7 Å². The average molecular weight is 326 g/mol. The summed E-state index contributed by atoms with van der Waals surface area (Å²) in [6.45, 7) is 6.37. The first-order chi connectivity index (χ1) is 9.86. The zero-order valence-corrected chi connectivity index (χ0v) is 12.8. The smallest absolute Gasteiger partial charge is 0.471 e. The zero-order valence-electron chi connectivity index (χ0n) is 12.8. The zero-order chi connectivity index (χ0) is 17.7. The first-order valence-electron chi connectivity index (χ1n) is 6.77. The summed E-state index contributed by atoms with van der Waals surface area (Å²) in [6, 6.07) is -2.69. The van der Waals surface area contributed by atoms with Crippen molar-refractivity contribution in [2.75, 3.05) is 0 Å². The fraction of sp³-hybridized carbons (Fsp3) is 0.769. The van der Waals surface area contributed by atoms with Crippen LogP contribution in [0.5, 0.6) is 0 Å². The van der Waals surface area contributed by atoms with Gasteiger partial charge >= 0.3 is 18.1 Å². The minimum atomic E-state index is -5.11. The number of carboxylic acids is 1. The number of amides is 2. The van der Waals surface area contributed by atoms with Crippen molar-refractivity contribution in [2.24, 2.45) is 11.8 Å². The number of aliphatic carboxylic acids is 1. The second-order valence-corrected chi connectivity index (χ2v) is 5.72. The molecule has 2 atom stereocenters. The molecule has 6 nitrogen and oxygen atoms in total. The maximum Gasteiger partial charge on any atom is 0.471 e. The number of rotatable bonds is 7. The molecule has 22 heavy (non-hydrogen) atoms. The van der Waals surface area contributed by atoms with Crippen LogP contribution < -0.4 is 10.6 Å². The van der Waals surface area contributed by atoms with Crippen molar-refractivity contribution in [2.45, 2.75) is 52.4 Å². The van der Waals surface area contributed by atoms with Gasteiger partial charge in [-0.05, 0) is 18.3 Å². The van der Waals surface area contributed by atoms with E-state index < -0.39 is 42.0 Å². The minimum absolute atomic E-state index is 0.0383. The van der Waals surface area contributed by atoms with Gasteiger partial charge in [0.15, 0.2) is 0 Å². The standard InChI is InChI=1S/C13H21F3N2O4/c1-6(2)5-8(11(20)21)17-10(19)9(7(3)4)18-12(22)13(14,15)16/h6-9H,5H2,1-4H3,(H,17,19)(H,18,22)(H,20,21)/t8-,9+/m1/s1. The molecule has 0 heterocycles. The lowest BCUT2D eigenvalue weighted by Crippen LogP contribution is -2.56. The van der Waals surface area contributed by atoms with E-state index in [2.05, 4.69) is 5.32 Å². The molecule has 0 aromatic carbocycles. The van der Waals surface area contributed by atoms with E-state index in [0.29, 0.717) is 0 Å². The van der Waals surface area contributed by atoms with E-state index in [1.54, 1.807) is 19.2 Å². The van der Waals surface area contributed by atoms with Crippen LogP contribution in [0.25, 0.3) is 0 Å². The molecule has 2 amide bonds. The molecule has 0 saturated heterocycles. The highest BCUT2D eigenvalue weighted by Crippen LogP contribution is 2.16. The second kappa shape index (κ2) is 8.00. The van der Waals surface area contributed by atoms with Crippen molar-refractivity contribution in [3.8, 4) is 0 Å². The van der Waals surface area contributed by atoms with Crippen LogP contribution in [0.2, 0.25) is 0 Å². The van der Waals surface area contributed by atoms with Crippen molar-refractivity contribution in [3.63, 3.8) is 0 Å². The summed E-state index contributed by atoms with van der Waals surface area (Å²) in [6.07, 6.45) is -4.99. The van der Waals surface area contributed by atoms with Gasteiger partial charge in [0.1, 0.15) is 12.1 Å². The lowest BCUT2D eigenvalue weighted by Gasteiger charge is -2.25. The second-order valence-electron chi connectivity index (χ2n) is 5.72. The number of carbonyl (C=O) groups excluding carboxylic acids is 2. The van der Waals surface area contributed by atoms with Crippen LogP contribution in [0, 0.1) is 11.8 Å². The van der Waals surface area contributed by atoms with Crippen molar-refractivity contribution in [1.29, 1.82) is 0 Å². The molecular weight excluding hydrogens is 305 g/mol. The molecule has 0 spiro atoms. The Hall–Kier alpha value is -1.80. The lowest BCUT2D eigenvalue weighted by atomic mass is 10.0. The summed E-state index contributed by atoms with van der Waals surface area (Å²) >= 11 is 0. The third kappa shape index (κ3) is 6.77. The number of alkyl halides is 3. The topological polar surface area (TPSA) is 95.5 Å². The molecule has 0 unspecified atom stereocenters. The van der Waals surface area contributed by atoms with Gasteiger partial charge in [-0.25, -0.2) is 4.79 Å². The largest absolute Gasteiger partial charge is 0.480 e. The Morgan fingerprint density at radius 3 is 1.86 bits per heavy atom. The molecule has 128 valence electrons. The third-order valence-corrected chi connectivity index (χ3v) is 2.81. The van der Waals surface area contributed by atoms with E-state index in [1.165, 1.54) is 13.8 Å². The van der Waals surface area contributed by atoms with Gasteiger partial charge in [0.05, 0.1) is 0 Å². The van der Waals surface area contributed by atoms with Gasteiger partial charge in [0.2, 0.25) is 5.91 Å². The summed E-state index contributed by atoms with van der Waals surface area (Å²) in [5, 5.41) is 12.8. The molecule has 0 aliphatic heterocycles. The average Bonchev–Trinajstić information content (AvgIpc) is 2.32. The van der Waals surface area contributed by atoms with Crippen molar-refractivity contribution < 1.29 is 32.7 Å². The maximum atomic E-state index is 12.3. The molecule has 0 saturated carbocycles. The fourth-order valence-corrected chi connectivity index (χ4v) is 1.71. The van der Waals surface area contributed by atoms with Crippen LogP contribution >= 0.6 is 0 Å². The van der Waals surface area contributed by atoms with Gasteiger partial charge in [0, 0.05) is 0 Å². The van der Waals surface area contributed by atoms with E-state index in [1.807, 2.05) is 0 Å². The van der Waals surface area contributed by atoms with Gasteiger partial charge in [-0.15, -0.1) is 0 Å². The van der Waals surface area contributed by atoms with Crippen molar-refractivity contribution in [1.82, 2.24) is 10.6 Å². The van der Waals surface area contributed by atoms with Gasteiger partial charge in [-0.3, -0.25) is 9.59 Å². The van der Waals surface area contributed by atoms with Crippen LogP contribution in [0.1, 0.15) is 34.1 Å². The molecule has 0 aliphatic rings. The fourth-order valence-electron chi connectivity index (χ4n) is 1.71. The Morgan fingerprint density at radius 2 is 1.55 bits per heavy atom. The highest BCUT2D eigenvalue weighted by molar-refractivity contribution is 5.92. The minimum Gasteiger partial charge on any atom is -0.480 e. The summed E-state index contributed by atoms with van der Waals surface area (Å²) in [5.74, 6) is -5.16. The van der Waals surface area contributed by atoms with E-state index in [-0.39, 0.29) is 12.3 Å². The third-order valence-electron chi connectivity index (χ3n) is 2.81. The van der Waals surface area contributed by atoms with E-state index >= 15 is 0 Å². The van der Waals surface area contributed by atoms with Gasteiger partial charge in [-0.1, -0.05) is 27.7 Å². The molecule has 3 N–H and O–H groups in total. The van der Waals surface area contributed by atoms with Crippen LogP contribution in [-0.2, 0) is 14.4 Å². The Balaban J connectivity index is 4.99. The summed E-state index contributed by atoms with van der Waals surface area (Å²) in [7, 11) is 0. The number of carboxylic acid groups (broad SMARTS) is 1. The van der Waals surface area contributed by atoms with Crippen LogP contribution in [0.15, 0.2) is 0 Å². The molecule has 0 aromatic rings. The Bertz CT molecular complexity index is 422. The normalized spacial score (nSPS) is 14.6. The molecule has 0 aliphatic carbocycles. The Kier molecular flexibility index (Phi) is 7.34.